The van der Waals surface area contributed by atoms with Gasteiger partial charge in [0.25, 0.3) is 5.91 Å². The summed E-state index contributed by atoms with van der Waals surface area (Å²) < 4.78 is 18.7. The lowest BCUT2D eigenvalue weighted by molar-refractivity contribution is -0.139. The number of nitrogens with zero attached hydrogens (tertiary/aromatic N) is 2. The predicted octanol–water partition coefficient (Wildman–Crippen LogP) is 4.34. The van der Waals surface area contributed by atoms with Crippen molar-refractivity contribution in [3.05, 3.63) is 58.1 Å². The molecular weight excluding hydrogens is 526 g/mol. The van der Waals surface area contributed by atoms with Crippen molar-refractivity contribution in [2.24, 2.45) is 5.10 Å². The fourth-order valence-electron chi connectivity index (χ4n) is 5.59. The van der Waals surface area contributed by atoms with Crippen LogP contribution in [0, 0.1) is 13.8 Å². The Balaban J connectivity index is 1.39. The average molecular weight is 566 g/mol. The molecule has 11 heteroatoms. The van der Waals surface area contributed by atoms with Gasteiger partial charge in [-0.15, -0.1) is 0 Å². The number of allylic oxidation sites excluding steroid dienone is 1. The molecule has 41 heavy (non-hydrogen) atoms. The number of hydrogen-bond donors (Lipinski definition) is 3. The van der Waals surface area contributed by atoms with E-state index in [2.05, 4.69) is 45.6 Å². The van der Waals surface area contributed by atoms with Crippen LogP contribution in [0.15, 0.2) is 40.6 Å². The van der Waals surface area contributed by atoms with Crippen LogP contribution in [0.25, 0.3) is 0 Å². The average Bonchev–Trinajstić information content (AvgIpc) is 3.24. The van der Waals surface area contributed by atoms with Crippen molar-refractivity contribution >= 4 is 24.1 Å². The SMILES string of the molecule is CCOC(=O)C1=C(C)NC(=O)N[C@@H]1c1ccc(OCC(=O)N/N=C\c2cc(C)n(C3CCCCC3)c2C)c(OC)c1. The van der Waals surface area contributed by atoms with E-state index in [1.165, 1.54) is 44.9 Å². The molecular formula is C30H39N5O6. The second-order valence-corrected chi connectivity index (χ2v) is 10.3. The van der Waals surface area contributed by atoms with Crippen molar-refractivity contribution in [1.82, 2.24) is 20.6 Å². The first kappa shape index (κ1) is 29.7. The Morgan fingerprint density at radius 1 is 1.12 bits per heavy atom. The molecule has 1 atom stereocenters. The van der Waals surface area contributed by atoms with Gasteiger partial charge in [0.05, 0.1) is 31.5 Å². The largest absolute Gasteiger partial charge is 0.493 e. The van der Waals surface area contributed by atoms with Gasteiger partial charge in [-0.1, -0.05) is 25.3 Å². The van der Waals surface area contributed by atoms with E-state index in [0.717, 1.165) is 11.3 Å². The molecule has 0 spiro atoms. The topological polar surface area (TPSA) is 132 Å². The molecule has 1 aromatic carbocycles. The van der Waals surface area contributed by atoms with Crippen LogP contribution in [0.3, 0.4) is 0 Å². The molecule has 220 valence electrons. The Kier molecular flexibility index (Phi) is 9.69. The van der Waals surface area contributed by atoms with Crippen LogP contribution >= 0.6 is 0 Å². The molecule has 1 aliphatic heterocycles. The number of urea groups is 1. The summed E-state index contributed by atoms with van der Waals surface area (Å²) in [6.07, 6.45) is 7.88. The highest BCUT2D eigenvalue weighted by atomic mass is 16.5. The van der Waals surface area contributed by atoms with Gasteiger partial charge in [-0.3, -0.25) is 4.79 Å². The van der Waals surface area contributed by atoms with E-state index in [0.29, 0.717) is 34.4 Å². The smallest absolute Gasteiger partial charge is 0.338 e. The number of aromatic nitrogens is 1. The molecule has 0 saturated heterocycles. The molecule has 4 rings (SSSR count). The highest BCUT2D eigenvalue weighted by Gasteiger charge is 2.32. The van der Waals surface area contributed by atoms with Crippen molar-refractivity contribution in [1.29, 1.82) is 0 Å². The van der Waals surface area contributed by atoms with Gasteiger partial charge < -0.3 is 29.4 Å². The first-order chi connectivity index (χ1) is 19.7. The third-order valence-corrected chi connectivity index (χ3v) is 7.50. The molecule has 0 unspecified atom stereocenters. The molecule has 11 nitrogen and oxygen atoms in total. The first-order valence-electron chi connectivity index (χ1n) is 14.0. The van der Waals surface area contributed by atoms with E-state index < -0.39 is 23.9 Å². The lowest BCUT2D eigenvalue weighted by Crippen LogP contribution is -2.45. The summed E-state index contributed by atoms with van der Waals surface area (Å²) in [7, 11) is 1.47. The summed E-state index contributed by atoms with van der Waals surface area (Å²) in [6, 6.07) is 6.40. The van der Waals surface area contributed by atoms with E-state index in [-0.39, 0.29) is 13.2 Å². The Labute approximate surface area is 240 Å². The number of hydrazone groups is 1. The maximum absolute atomic E-state index is 12.6. The van der Waals surface area contributed by atoms with Crippen molar-refractivity contribution in [3.8, 4) is 11.5 Å². The zero-order valence-electron chi connectivity index (χ0n) is 24.3. The summed E-state index contributed by atoms with van der Waals surface area (Å²) in [4.78, 5) is 37.2. The third-order valence-electron chi connectivity index (χ3n) is 7.50. The first-order valence-corrected chi connectivity index (χ1v) is 14.0. The zero-order valence-corrected chi connectivity index (χ0v) is 24.3. The van der Waals surface area contributed by atoms with E-state index in [9.17, 15) is 14.4 Å². The highest BCUT2D eigenvalue weighted by Crippen LogP contribution is 2.35. The maximum atomic E-state index is 12.6. The fourth-order valence-corrected chi connectivity index (χ4v) is 5.59. The van der Waals surface area contributed by atoms with Crippen LogP contribution in [0.5, 0.6) is 11.5 Å². The van der Waals surface area contributed by atoms with Gasteiger partial charge in [-0.2, -0.15) is 5.10 Å². The molecule has 2 heterocycles. The van der Waals surface area contributed by atoms with Crippen molar-refractivity contribution in [3.63, 3.8) is 0 Å². The summed E-state index contributed by atoms with van der Waals surface area (Å²) in [5, 5.41) is 9.50. The van der Waals surface area contributed by atoms with Gasteiger partial charge in [-0.25, -0.2) is 15.0 Å². The molecule has 2 aliphatic rings. The summed E-state index contributed by atoms with van der Waals surface area (Å²) in [5.74, 6) is -0.301. The second kappa shape index (κ2) is 13.4. The lowest BCUT2D eigenvalue weighted by Gasteiger charge is -2.28. The lowest BCUT2D eigenvalue weighted by atomic mass is 9.95. The monoisotopic (exact) mass is 565 g/mol. The van der Waals surface area contributed by atoms with Gasteiger partial charge in [0.15, 0.2) is 18.1 Å². The van der Waals surface area contributed by atoms with Crippen LogP contribution < -0.4 is 25.5 Å². The molecule has 2 aromatic rings. The van der Waals surface area contributed by atoms with Gasteiger partial charge in [-0.05, 0) is 64.3 Å². The molecule has 3 N–H and O–H groups in total. The second-order valence-electron chi connectivity index (χ2n) is 10.3. The van der Waals surface area contributed by atoms with Crippen LogP contribution in [-0.2, 0) is 14.3 Å². The number of aryl methyl sites for hydroxylation is 1. The number of amides is 3. The fraction of sp³-hybridized carbons (Fsp3) is 0.467. The molecule has 0 bridgehead atoms. The van der Waals surface area contributed by atoms with E-state index >= 15 is 0 Å². The number of carbonyl (C=O) groups is 3. The highest BCUT2D eigenvalue weighted by molar-refractivity contribution is 5.95. The minimum absolute atomic E-state index is 0.199. The predicted molar refractivity (Wildman–Crippen MR) is 154 cm³/mol. The Bertz CT molecular complexity index is 1360. The van der Waals surface area contributed by atoms with Crippen molar-refractivity contribution in [2.75, 3.05) is 20.3 Å². The van der Waals surface area contributed by atoms with Crippen LogP contribution in [0.4, 0.5) is 4.79 Å². The normalized spacial score (nSPS) is 17.7. The molecule has 1 saturated carbocycles. The van der Waals surface area contributed by atoms with E-state index in [1.54, 1.807) is 38.3 Å². The molecule has 0 radical (unpaired) electrons. The number of benzene rings is 1. The van der Waals surface area contributed by atoms with Crippen molar-refractivity contribution < 1.29 is 28.6 Å². The van der Waals surface area contributed by atoms with Gasteiger partial charge in [0.1, 0.15) is 0 Å². The number of esters is 1. The van der Waals surface area contributed by atoms with Crippen LogP contribution in [0.2, 0.25) is 0 Å². The zero-order chi connectivity index (χ0) is 29.5. The molecule has 3 amide bonds. The van der Waals surface area contributed by atoms with Crippen LogP contribution in [-0.4, -0.2) is 49.0 Å². The number of hydrogen-bond acceptors (Lipinski definition) is 7. The molecule has 1 aromatic heterocycles. The maximum Gasteiger partial charge on any atom is 0.338 e. The number of methoxy groups -OCH3 is 1. The number of rotatable bonds is 10. The molecule has 1 fully saturated rings. The Morgan fingerprint density at radius 2 is 1.88 bits per heavy atom. The van der Waals surface area contributed by atoms with Gasteiger partial charge in [0.2, 0.25) is 0 Å². The quantitative estimate of drug-likeness (QED) is 0.223. The minimum Gasteiger partial charge on any atom is -0.493 e. The number of nitrogens with one attached hydrogen (secondary N) is 3. The Hall–Kier alpha value is -4.28. The summed E-state index contributed by atoms with van der Waals surface area (Å²) >= 11 is 0. The Morgan fingerprint density at radius 3 is 2.59 bits per heavy atom. The van der Waals surface area contributed by atoms with E-state index in [4.69, 9.17) is 14.2 Å². The van der Waals surface area contributed by atoms with Crippen LogP contribution in [0.1, 0.15) is 80.6 Å². The summed E-state index contributed by atoms with van der Waals surface area (Å²) in [6.45, 7) is 7.47. The third kappa shape index (κ3) is 6.90. The van der Waals surface area contributed by atoms with Gasteiger partial charge in [0, 0.05) is 28.7 Å². The number of carbonyl (C=O) groups excluding carboxylic acids is 3. The molecule has 1 aliphatic carbocycles. The van der Waals surface area contributed by atoms with Gasteiger partial charge >= 0.3 is 12.0 Å². The summed E-state index contributed by atoms with van der Waals surface area (Å²) in [5.41, 5.74) is 7.13. The van der Waals surface area contributed by atoms with E-state index in [1.807, 2.05) is 0 Å². The van der Waals surface area contributed by atoms with Crippen molar-refractivity contribution in [2.45, 2.75) is 71.9 Å². The number of ether oxygens (including phenoxy) is 3. The standard InChI is InChI=1S/C30H39N5O6/c1-6-40-29(37)27-19(3)32-30(38)33-28(27)21-12-13-24(25(15-21)39-5)41-17-26(36)34-31-16-22-14-18(2)35(20(22)4)23-10-8-7-9-11-23/h12-16,23,28H,6-11,17H2,1-5H3,(H,34,36)(H2,32,33,38)/b31-16-/t28-/m1/s1. The minimum atomic E-state index is -0.747.